The van der Waals surface area contributed by atoms with Crippen molar-refractivity contribution in [1.82, 2.24) is 14.0 Å². The van der Waals surface area contributed by atoms with Crippen LogP contribution in [0.5, 0.6) is 5.75 Å². The van der Waals surface area contributed by atoms with E-state index in [1.54, 1.807) is 60.2 Å². The topological polar surface area (TPSA) is 104 Å². The van der Waals surface area contributed by atoms with Crippen LogP contribution in [0.4, 0.5) is 0 Å². The van der Waals surface area contributed by atoms with E-state index in [1.165, 1.54) is 17.6 Å². The summed E-state index contributed by atoms with van der Waals surface area (Å²) in [5, 5.41) is 0.223. The van der Waals surface area contributed by atoms with E-state index in [0.29, 0.717) is 23.6 Å². The van der Waals surface area contributed by atoms with Crippen molar-refractivity contribution in [2.45, 2.75) is 27.3 Å². The lowest BCUT2D eigenvalue weighted by molar-refractivity contribution is 0.0523. The lowest BCUT2D eigenvalue weighted by Gasteiger charge is -2.16. The van der Waals surface area contributed by atoms with E-state index in [2.05, 4.69) is 4.99 Å². The number of hydrogen-bond acceptors (Lipinski definition) is 6. The molecule has 0 bridgehead atoms. The summed E-state index contributed by atoms with van der Waals surface area (Å²) >= 11 is 0. The maximum absolute atomic E-state index is 13.3. The molecular weight excluding hydrogens is 448 g/mol. The van der Waals surface area contributed by atoms with Gasteiger partial charge in [0.1, 0.15) is 22.6 Å². The highest BCUT2D eigenvalue weighted by molar-refractivity contribution is 5.99. The minimum absolute atomic E-state index is 0.0121. The van der Waals surface area contributed by atoms with Crippen LogP contribution in [0.1, 0.15) is 41.5 Å². The summed E-state index contributed by atoms with van der Waals surface area (Å²) in [5.41, 5.74) is 0.762. The smallest absolute Gasteiger partial charge is 0.341 e. The molecule has 0 saturated heterocycles. The van der Waals surface area contributed by atoms with Crippen LogP contribution in [0, 0.1) is 5.92 Å². The molecule has 9 nitrogen and oxygen atoms in total. The summed E-state index contributed by atoms with van der Waals surface area (Å²) in [6.07, 6.45) is 1.62. The molecule has 4 aromatic rings. The van der Waals surface area contributed by atoms with E-state index in [1.807, 2.05) is 13.8 Å². The molecule has 0 aliphatic rings. The molecule has 0 fully saturated rings. The molecule has 9 heteroatoms. The first-order chi connectivity index (χ1) is 16.8. The van der Waals surface area contributed by atoms with Gasteiger partial charge in [-0.1, -0.05) is 32.0 Å². The lowest BCUT2D eigenvalue weighted by atomic mass is 10.1. The number of carbonyl (C=O) groups excluding carboxylic acids is 2. The molecule has 1 amide bonds. The van der Waals surface area contributed by atoms with Crippen molar-refractivity contribution < 1.29 is 19.1 Å². The average Bonchev–Trinajstić information content (AvgIpc) is 2.85. The summed E-state index contributed by atoms with van der Waals surface area (Å²) in [4.78, 5) is 48.7. The van der Waals surface area contributed by atoms with Gasteiger partial charge in [-0.3, -0.25) is 14.0 Å². The van der Waals surface area contributed by atoms with Crippen molar-refractivity contribution >= 4 is 28.6 Å². The van der Waals surface area contributed by atoms with Crippen molar-refractivity contribution in [1.29, 1.82) is 0 Å². The normalized spacial score (nSPS) is 11.9. The van der Waals surface area contributed by atoms with Crippen LogP contribution in [0.3, 0.4) is 0 Å². The molecule has 3 heterocycles. The van der Waals surface area contributed by atoms with Gasteiger partial charge in [0, 0.05) is 12.7 Å². The molecule has 0 aliphatic heterocycles. The summed E-state index contributed by atoms with van der Waals surface area (Å²) < 4.78 is 13.6. The molecule has 0 N–H and O–H groups in total. The number of methoxy groups -OCH3 is 1. The summed E-state index contributed by atoms with van der Waals surface area (Å²) in [6.45, 7) is 6.13. The minimum atomic E-state index is -0.684. The van der Waals surface area contributed by atoms with Crippen molar-refractivity contribution in [2.24, 2.45) is 10.9 Å². The highest BCUT2D eigenvalue weighted by Gasteiger charge is 2.21. The number of ether oxygens (including phenoxy) is 2. The van der Waals surface area contributed by atoms with Gasteiger partial charge in [-0.05, 0) is 43.2 Å². The highest BCUT2D eigenvalue weighted by Crippen LogP contribution is 2.19. The van der Waals surface area contributed by atoms with Gasteiger partial charge in [-0.25, -0.2) is 9.78 Å². The highest BCUT2D eigenvalue weighted by atomic mass is 16.5. The van der Waals surface area contributed by atoms with E-state index < -0.39 is 11.9 Å². The van der Waals surface area contributed by atoms with Crippen LogP contribution < -0.4 is 15.8 Å². The lowest BCUT2D eigenvalue weighted by Crippen LogP contribution is -2.33. The molecule has 0 aliphatic carbocycles. The monoisotopic (exact) mass is 474 g/mol. The Morgan fingerprint density at radius 1 is 1.09 bits per heavy atom. The Bertz CT molecular complexity index is 1570. The van der Waals surface area contributed by atoms with E-state index in [4.69, 9.17) is 14.5 Å². The van der Waals surface area contributed by atoms with Gasteiger partial charge < -0.3 is 14.0 Å². The Labute approximate surface area is 201 Å². The number of carbonyl (C=O) groups is 2. The van der Waals surface area contributed by atoms with Crippen molar-refractivity contribution in [3.8, 4) is 5.75 Å². The van der Waals surface area contributed by atoms with E-state index in [9.17, 15) is 14.4 Å². The van der Waals surface area contributed by atoms with Crippen LogP contribution in [-0.4, -0.2) is 39.5 Å². The number of para-hydroxylation sites is 1. The third kappa shape index (κ3) is 4.57. The molecule has 0 unspecified atom stereocenters. The second kappa shape index (κ2) is 9.92. The Balaban J connectivity index is 2.14. The number of aromatic nitrogens is 3. The quantitative estimate of drug-likeness (QED) is 0.314. The van der Waals surface area contributed by atoms with Gasteiger partial charge in [0.05, 0.1) is 24.7 Å². The van der Waals surface area contributed by atoms with Gasteiger partial charge in [0.15, 0.2) is 5.49 Å². The molecule has 0 saturated carbocycles. The van der Waals surface area contributed by atoms with E-state index in [-0.39, 0.29) is 40.1 Å². The number of nitrogens with zero attached hydrogens (tertiary/aromatic N) is 4. The summed E-state index contributed by atoms with van der Waals surface area (Å²) in [7, 11) is 1.47. The first kappa shape index (κ1) is 23.9. The second-order valence-electron chi connectivity index (χ2n) is 8.31. The van der Waals surface area contributed by atoms with Gasteiger partial charge >= 0.3 is 5.97 Å². The van der Waals surface area contributed by atoms with Crippen LogP contribution in [0.15, 0.2) is 64.5 Å². The molecule has 4 rings (SSSR count). The molecule has 0 atom stereocenters. The van der Waals surface area contributed by atoms with Gasteiger partial charge in [-0.15, -0.1) is 0 Å². The van der Waals surface area contributed by atoms with Crippen LogP contribution in [0.2, 0.25) is 0 Å². The van der Waals surface area contributed by atoms with Crippen LogP contribution >= 0.6 is 0 Å². The van der Waals surface area contributed by atoms with Crippen LogP contribution in [0.25, 0.3) is 16.7 Å². The summed E-state index contributed by atoms with van der Waals surface area (Å²) in [5.74, 6) is -0.831. The SMILES string of the molecule is CCOC(=O)c1cc2c(=O)n3ccccc3nc2n(CC(C)C)c1=NC(=O)c1ccccc1OC. The Morgan fingerprint density at radius 3 is 2.54 bits per heavy atom. The predicted octanol–water partition coefficient (Wildman–Crippen LogP) is 3.23. The number of esters is 1. The maximum atomic E-state index is 13.3. The zero-order valence-corrected chi connectivity index (χ0v) is 20.0. The van der Waals surface area contributed by atoms with Gasteiger partial charge in [0.2, 0.25) is 0 Å². The zero-order chi connectivity index (χ0) is 25.1. The molecule has 0 radical (unpaired) electrons. The third-order valence-corrected chi connectivity index (χ3v) is 5.38. The fourth-order valence-electron chi connectivity index (χ4n) is 3.87. The van der Waals surface area contributed by atoms with E-state index in [0.717, 1.165) is 0 Å². The predicted molar refractivity (Wildman–Crippen MR) is 131 cm³/mol. The standard InChI is InChI=1S/C26H26N4O5/c1-5-35-26(33)19-14-18-22(27-21-12-8-9-13-29(21)25(18)32)30(15-16(2)3)23(19)28-24(31)17-10-6-7-11-20(17)34-4/h6-14,16H,5,15H2,1-4H3. The molecular formula is C26H26N4O5. The number of amides is 1. The molecule has 35 heavy (non-hydrogen) atoms. The third-order valence-electron chi connectivity index (χ3n) is 5.38. The van der Waals surface area contributed by atoms with Crippen molar-refractivity contribution in [3.05, 3.63) is 81.7 Å². The number of hydrogen-bond donors (Lipinski definition) is 0. The number of pyridine rings is 2. The molecule has 180 valence electrons. The van der Waals surface area contributed by atoms with Gasteiger partial charge in [0.25, 0.3) is 11.5 Å². The first-order valence-corrected chi connectivity index (χ1v) is 11.3. The molecule has 3 aromatic heterocycles. The zero-order valence-electron chi connectivity index (χ0n) is 20.0. The minimum Gasteiger partial charge on any atom is -0.496 e. The number of rotatable bonds is 6. The fourth-order valence-corrected chi connectivity index (χ4v) is 3.87. The molecule has 1 aromatic carbocycles. The maximum Gasteiger partial charge on any atom is 0.341 e. The van der Waals surface area contributed by atoms with Crippen molar-refractivity contribution in [3.63, 3.8) is 0 Å². The Hall–Kier alpha value is -4.27. The Kier molecular flexibility index (Phi) is 6.77. The van der Waals surface area contributed by atoms with Crippen molar-refractivity contribution in [2.75, 3.05) is 13.7 Å². The second-order valence-corrected chi connectivity index (χ2v) is 8.31. The first-order valence-electron chi connectivity index (χ1n) is 11.3. The average molecular weight is 475 g/mol. The fraction of sp³-hybridized carbons (Fsp3) is 0.269. The van der Waals surface area contributed by atoms with Gasteiger partial charge in [-0.2, -0.15) is 4.99 Å². The number of benzene rings is 1. The summed E-state index contributed by atoms with van der Waals surface area (Å²) in [6, 6.07) is 13.3. The van der Waals surface area contributed by atoms with E-state index >= 15 is 0 Å². The molecule has 0 spiro atoms. The van der Waals surface area contributed by atoms with Crippen LogP contribution in [-0.2, 0) is 11.3 Å². The Morgan fingerprint density at radius 2 is 1.83 bits per heavy atom. The largest absolute Gasteiger partial charge is 0.496 e. The number of fused-ring (bicyclic) bond motifs is 2.